The summed E-state index contributed by atoms with van der Waals surface area (Å²) in [5.74, 6) is 0.667. The van der Waals surface area contributed by atoms with Crippen molar-refractivity contribution in [1.82, 2.24) is 0 Å². The van der Waals surface area contributed by atoms with E-state index in [1.807, 2.05) is 48.5 Å². The Balaban J connectivity index is 1.95. The first-order valence-electron chi connectivity index (χ1n) is 5.37. The van der Waals surface area contributed by atoms with E-state index in [4.69, 9.17) is 0 Å². The molecule has 88 valence electrons. The third-order valence-electron chi connectivity index (χ3n) is 2.39. The van der Waals surface area contributed by atoms with Gasteiger partial charge in [0.2, 0.25) is 0 Å². The van der Waals surface area contributed by atoms with Crippen LogP contribution in [0.4, 0.5) is 0 Å². The summed E-state index contributed by atoms with van der Waals surface area (Å²) in [5, 5.41) is 10.0. The predicted octanol–water partition coefficient (Wildman–Crippen LogP) is 4.27. The van der Waals surface area contributed by atoms with E-state index in [1.54, 1.807) is 11.8 Å². The lowest BCUT2D eigenvalue weighted by Crippen LogP contribution is -1.99. The molecule has 0 fully saturated rings. The van der Waals surface area contributed by atoms with Gasteiger partial charge in [-0.15, -0.1) is 11.8 Å². The fourth-order valence-electron chi connectivity index (χ4n) is 1.50. The van der Waals surface area contributed by atoms with E-state index >= 15 is 0 Å². The molecule has 0 amide bonds. The zero-order valence-electron chi connectivity index (χ0n) is 9.21. The molecule has 1 N–H and O–H groups in total. The SMILES string of the molecule is OC(CSc1cccc(Br)c1)c1ccccc1. The zero-order valence-corrected chi connectivity index (χ0v) is 11.6. The van der Waals surface area contributed by atoms with E-state index in [0.717, 1.165) is 14.9 Å². The highest BCUT2D eigenvalue weighted by Crippen LogP contribution is 2.26. The molecular weight excluding hydrogens is 296 g/mol. The van der Waals surface area contributed by atoms with Crippen molar-refractivity contribution in [2.24, 2.45) is 0 Å². The van der Waals surface area contributed by atoms with Crippen LogP contribution in [-0.2, 0) is 0 Å². The highest BCUT2D eigenvalue weighted by Gasteiger charge is 2.07. The number of benzene rings is 2. The van der Waals surface area contributed by atoms with Gasteiger partial charge in [-0.1, -0.05) is 52.3 Å². The van der Waals surface area contributed by atoms with Gasteiger partial charge in [-0.05, 0) is 23.8 Å². The second-order valence-electron chi connectivity index (χ2n) is 3.69. The molecule has 0 aliphatic heterocycles. The Hall–Kier alpha value is -0.770. The number of aliphatic hydroxyl groups is 1. The maximum absolute atomic E-state index is 10.0. The van der Waals surface area contributed by atoms with Crippen LogP contribution in [0.1, 0.15) is 11.7 Å². The molecule has 0 aliphatic rings. The zero-order chi connectivity index (χ0) is 12.1. The average Bonchev–Trinajstić information content (AvgIpc) is 2.37. The molecule has 0 aromatic heterocycles. The van der Waals surface area contributed by atoms with E-state index in [9.17, 15) is 5.11 Å². The van der Waals surface area contributed by atoms with Crippen molar-refractivity contribution >= 4 is 27.7 Å². The van der Waals surface area contributed by atoms with Gasteiger partial charge in [-0.25, -0.2) is 0 Å². The van der Waals surface area contributed by atoms with Gasteiger partial charge in [-0.3, -0.25) is 0 Å². The molecule has 17 heavy (non-hydrogen) atoms. The lowest BCUT2D eigenvalue weighted by Gasteiger charge is -2.10. The summed E-state index contributed by atoms with van der Waals surface area (Å²) in [4.78, 5) is 1.16. The van der Waals surface area contributed by atoms with Gasteiger partial charge >= 0.3 is 0 Å². The molecule has 0 bridgehead atoms. The van der Waals surface area contributed by atoms with E-state index in [2.05, 4.69) is 22.0 Å². The Kier molecular flexibility index (Phi) is 4.66. The average molecular weight is 309 g/mol. The van der Waals surface area contributed by atoms with Gasteiger partial charge in [0.05, 0.1) is 6.10 Å². The van der Waals surface area contributed by atoms with Crippen LogP contribution in [0, 0.1) is 0 Å². The molecule has 0 heterocycles. The Morgan fingerprint density at radius 2 is 1.82 bits per heavy atom. The minimum Gasteiger partial charge on any atom is -0.388 e. The van der Waals surface area contributed by atoms with E-state index < -0.39 is 6.10 Å². The van der Waals surface area contributed by atoms with Crippen molar-refractivity contribution in [2.45, 2.75) is 11.0 Å². The second kappa shape index (κ2) is 6.24. The topological polar surface area (TPSA) is 20.2 Å². The molecule has 1 unspecified atom stereocenters. The number of hydrogen-bond acceptors (Lipinski definition) is 2. The third-order valence-corrected chi connectivity index (χ3v) is 3.95. The van der Waals surface area contributed by atoms with E-state index in [-0.39, 0.29) is 0 Å². The maximum atomic E-state index is 10.0. The molecule has 1 atom stereocenters. The highest BCUT2D eigenvalue weighted by molar-refractivity contribution is 9.10. The number of thioether (sulfide) groups is 1. The van der Waals surface area contributed by atoms with Crippen LogP contribution in [0.3, 0.4) is 0 Å². The lowest BCUT2D eigenvalue weighted by atomic mass is 10.1. The third kappa shape index (κ3) is 3.87. The molecule has 0 spiro atoms. The quantitative estimate of drug-likeness (QED) is 0.851. The Labute approximate surface area is 114 Å². The maximum Gasteiger partial charge on any atom is 0.0883 e. The summed E-state index contributed by atoms with van der Waals surface area (Å²) in [7, 11) is 0. The molecule has 0 saturated carbocycles. The fraction of sp³-hybridized carbons (Fsp3) is 0.143. The summed E-state index contributed by atoms with van der Waals surface area (Å²) < 4.78 is 1.07. The van der Waals surface area contributed by atoms with Crippen LogP contribution >= 0.6 is 27.7 Å². The van der Waals surface area contributed by atoms with E-state index in [1.165, 1.54) is 0 Å². The van der Waals surface area contributed by atoms with Crippen molar-refractivity contribution in [3.05, 3.63) is 64.6 Å². The molecule has 2 aromatic carbocycles. The first-order chi connectivity index (χ1) is 8.25. The van der Waals surface area contributed by atoms with Crippen molar-refractivity contribution in [3.8, 4) is 0 Å². The molecule has 2 aromatic rings. The second-order valence-corrected chi connectivity index (χ2v) is 5.70. The standard InChI is InChI=1S/C14H13BrOS/c15-12-7-4-8-13(9-12)17-10-14(16)11-5-2-1-3-6-11/h1-9,14,16H,10H2. The van der Waals surface area contributed by atoms with Crippen LogP contribution in [0.5, 0.6) is 0 Å². The molecule has 0 radical (unpaired) electrons. The van der Waals surface area contributed by atoms with Crippen molar-refractivity contribution in [3.63, 3.8) is 0 Å². The minimum absolute atomic E-state index is 0.416. The molecule has 1 nitrogen and oxygen atoms in total. The van der Waals surface area contributed by atoms with Crippen LogP contribution in [0.25, 0.3) is 0 Å². The summed E-state index contributed by atoms with van der Waals surface area (Å²) in [5.41, 5.74) is 0.968. The number of halogens is 1. The summed E-state index contributed by atoms with van der Waals surface area (Å²) in [6, 6.07) is 17.9. The number of aliphatic hydroxyl groups excluding tert-OH is 1. The van der Waals surface area contributed by atoms with Crippen LogP contribution in [0.15, 0.2) is 64.0 Å². The first kappa shape index (κ1) is 12.7. The fourth-order valence-corrected chi connectivity index (χ4v) is 2.98. The van der Waals surface area contributed by atoms with Gasteiger partial charge < -0.3 is 5.11 Å². The number of hydrogen-bond donors (Lipinski definition) is 1. The molecule has 2 rings (SSSR count). The lowest BCUT2D eigenvalue weighted by molar-refractivity contribution is 0.204. The van der Waals surface area contributed by atoms with Gasteiger partial charge in [-0.2, -0.15) is 0 Å². The first-order valence-corrected chi connectivity index (χ1v) is 7.15. The Bertz CT molecular complexity index is 473. The smallest absolute Gasteiger partial charge is 0.0883 e. The minimum atomic E-state index is -0.416. The van der Waals surface area contributed by atoms with Gasteiger partial charge in [0.15, 0.2) is 0 Å². The van der Waals surface area contributed by atoms with Crippen molar-refractivity contribution < 1.29 is 5.11 Å². The van der Waals surface area contributed by atoms with Crippen LogP contribution < -0.4 is 0 Å². The van der Waals surface area contributed by atoms with E-state index in [0.29, 0.717) is 5.75 Å². The largest absolute Gasteiger partial charge is 0.388 e. The van der Waals surface area contributed by atoms with Crippen molar-refractivity contribution in [2.75, 3.05) is 5.75 Å². The summed E-state index contributed by atoms with van der Waals surface area (Å²) >= 11 is 5.10. The van der Waals surface area contributed by atoms with Gasteiger partial charge in [0.1, 0.15) is 0 Å². The van der Waals surface area contributed by atoms with Gasteiger partial charge in [0, 0.05) is 15.1 Å². The van der Waals surface area contributed by atoms with Gasteiger partial charge in [0.25, 0.3) is 0 Å². The molecule has 0 saturated heterocycles. The molecular formula is C14H13BrOS. The normalized spacial score (nSPS) is 12.4. The van der Waals surface area contributed by atoms with Crippen LogP contribution in [0.2, 0.25) is 0 Å². The Morgan fingerprint density at radius 3 is 2.53 bits per heavy atom. The highest BCUT2D eigenvalue weighted by atomic mass is 79.9. The summed E-state index contributed by atoms with van der Waals surface area (Å²) in [6.45, 7) is 0. The molecule has 3 heteroatoms. The van der Waals surface area contributed by atoms with Crippen LogP contribution in [-0.4, -0.2) is 10.9 Å². The molecule has 0 aliphatic carbocycles. The predicted molar refractivity (Wildman–Crippen MR) is 76.3 cm³/mol. The monoisotopic (exact) mass is 308 g/mol. The van der Waals surface area contributed by atoms with Crippen molar-refractivity contribution in [1.29, 1.82) is 0 Å². The Morgan fingerprint density at radius 1 is 1.06 bits per heavy atom. The summed E-state index contributed by atoms with van der Waals surface area (Å²) in [6.07, 6.45) is -0.416. The number of rotatable bonds is 4.